The number of nitrogens with zero attached hydrogens (tertiary/aromatic N) is 3. The van der Waals surface area contributed by atoms with Crippen molar-refractivity contribution >= 4 is 11.9 Å². The van der Waals surface area contributed by atoms with Crippen LogP contribution in [0.2, 0.25) is 0 Å². The van der Waals surface area contributed by atoms with Gasteiger partial charge in [0, 0.05) is 20.2 Å². The van der Waals surface area contributed by atoms with E-state index in [1.807, 2.05) is 11.5 Å². The average Bonchev–Trinajstić information content (AvgIpc) is 2.89. The topological polar surface area (TPSA) is 73.7 Å². The summed E-state index contributed by atoms with van der Waals surface area (Å²) in [5.74, 6) is -0.954. The summed E-state index contributed by atoms with van der Waals surface area (Å²) >= 11 is 0. The lowest BCUT2D eigenvalue weighted by Gasteiger charge is -2.31. The van der Waals surface area contributed by atoms with Crippen LogP contribution in [0.25, 0.3) is 0 Å². The van der Waals surface area contributed by atoms with Gasteiger partial charge < -0.3 is 18.9 Å². The monoisotopic (exact) mass is 295 g/mol. The zero-order chi connectivity index (χ0) is 15.4. The van der Waals surface area contributed by atoms with Crippen molar-refractivity contribution in [1.82, 2.24) is 14.5 Å². The number of rotatable bonds is 5. The highest BCUT2D eigenvalue weighted by Crippen LogP contribution is 2.29. The van der Waals surface area contributed by atoms with Crippen molar-refractivity contribution in [1.29, 1.82) is 0 Å². The summed E-state index contributed by atoms with van der Waals surface area (Å²) < 4.78 is 12.0. The highest BCUT2D eigenvalue weighted by Gasteiger charge is 2.36. The summed E-state index contributed by atoms with van der Waals surface area (Å²) in [5.41, 5.74) is 1.61. The molecule has 0 fully saturated rings. The first-order chi connectivity index (χ1) is 10.1. The fourth-order valence-corrected chi connectivity index (χ4v) is 2.59. The summed E-state index contributed by atoms with van der Waals surface area (Å²) in [7, 11) is 1.47. The van der Waals surface area contributed by atoms with Gasteiger partial charge in [0.25, 0.3) is 0 Å². The van der Waals surface area contributed by atoms with Crippen LogP contribution in [0.3, 0.4) is 0 Å². The van der Waals surface area contributed by atoms with Gasteiger partial charge in [0.2, 0.25) is 5.91 Å². The molecule has 0 aliphatic carbocycles. The molecule has 0 saturated heterocycles. The van der Waals surface area contributed by atoms with Crippen molar-refractivity contribution in [3.8, 4) is 0 Å². The minimum absolute atomic E-state index is 0.000630. The Hall–Kier alpha value is -1.89. The maximum Gasteiger partial charge on any atom is 0.316 e. The SMILES string of the molecule is CCOC(=O)[C@@H]1CN(C(=O)COC)Cc2ncn(CC)c21. The molecule has 0 aromatic carbocycles. The molecule has 0 saturated carbocycles. The van der Waals surface area contributed by atoms with E-state index >= 15 is 0 Å². The Morgan fingerprint density at radius 1 is 1.43 bits per heavy atom. The molecule has 1 atom stereocenters. The van der Waals surface area contributed by atoms with E-state index in [1.165, 1.54) is 7.11 Å². The molecule has 1 aromatic heterocycles. The van der Waals surface area contributed by atoms with E-state index in [0.717, 1.165) is 17.9 Å². The van der Waals surface area contributed by atoms with Crippen molar-refractivity contribution in [2.75, 3.05) is 26.9 Å². The van der Waals surface area contributed by atoms with Crippen LogP contribution < -0.4 is 0 Å². The van der Waals surface area contributed by atoms with E-state index in [-0.39, 0.29) is 18.5 Å². The fraction of sp³-hybridized carbons (Fsp3) is 0.643. The average molecular weight is 295 g/mol. The molecule has 0 spiro atoms. The molecule has 2 rings (SSSR count). The molecule has 0 unspecified atom stereocenters. The van der Waals surface area contributed by atoms with Gasteiger partial charge in [0.15, 0.2) is 0 Å². The van der Waals surface area contributed by atoms with Crippen molar-refractivity contribution in [2.45, 2.75) is 32.9 Å². The van der Waals surface area contributed by atoms with Crippen LogP contribution in [0.15, 0.2) is 6.33 Å². The maximum absolute atomic E-state index is 12.2. The Morgan fingerprint density at radius 2 is 2.19 bits per heavy atom. The zero-order valence-corrected chi connectivity index (χ0v) is 12.7. The van der Waals surface area contributed by atoms with Gasteiger partial charge in [-0.3, -0.25) is 9.59 Å². The molecule has 21 heavy (non-hydrogen) atoms. The van der Waals surface area contributed by atoms with Gasteiger partial charge in [-0.05, 0) is 13.8 Å². The minimum Gasteiger partial charge on any atom is -0.465 e. The maximum atomic E-state index is 12.2. The second kappa shape index (κ2) is 6.71. The molecule has 7 heteroatoms. The Balaban J connectivity index is 2.31. The van der Waals surface area contributed by atoms with E-state index < -0.39 is 5.92 Å². The number of hydrogen-bond donors (Lipinski definition) is 0. The highest BCUT2D eigenvalue weighted by molar-refractivity contribution is 5.82. The predicted octanol–water partition coefficient (Wildman–Crippen LogP) is 0.538. The smallest absolute Gasteiger partial charge is 0.316 e. The molecule has 0 bridgehead atoms. The normalized spacial score (nSPS) is 17.5. The van der Waals surface area contributed by atoms with Crippen LogP contribution in [0.5, 0.6) is 0 Å². The largest absolute Gasteiger partial charge is 0.465 e. The van der Waals surface area contributed by atoms with Crippen LogP contribution in [-0.4, -0.2) is 53.2 Å². The van der Waals surface area contributed by atoms with Crippen LogP contribution in [0.4, 0.5) is 0 Å². The molecule has 1 aromatic rings. The van der Waals surface area contributed by atoms with Crippen molar-refractivity contribution in [3.05, 3.63) is 17.7 Å². The number of aryl methyl sites for hydroxylation is 1. The summed E-state index contributed by atoms with van der Waals surface area (Å²) in [6.07, 6.45) is 1.71. The standard InChI is InChI=1S/C14H21N3O4/c1-4-16-9-15-11-7-17(12(18)8-20-3)6-10(13(11)16)14(19)21-5-2/h9-10H,4-8H2,1-3H3/t10-/m1/s1. The number of carbonyl (C=O) groups excluding carboxylic acids is 2. The molecule has 0 radical (unpaired) electrons. The Bertz CT molecular complexity index is 526. The van der Waals surface area contributed by atoms with Gasteiger partial charge in [-0.25, -0.2) is 4.98 Å². The molecule has 7 nitrogen and oxygen atoms in total. The molecule has 0 N–H and O–H groups in total. The zero-order valence-electron chi connectivity index (χ0n) is 12.7. The molecule has 1 amide bonds. The van der Waals surface area contributed by atoms with Crippen LogP contribution >= 0.6 is 0 Å². The van der Waals surface area contributed by atoms with Crippen molar-refractivity contribution < 1.29 is 19.1 Å². The Morgan fingerprint density at radius 3 is 2.81 bits per heavy atom. The number of amides is 1. The predicted molar refractivity (Wildman–Crippen MR) is 74.6 cm³/mol. The molecule has 1 aliphatic heterocycles. The van der Waals surface area contributed by atoms with Crippen LogP contribution in [-0.2, 0) is 32.2 Å². The van der Waals surface area contributed by atoms with E-state index in [1.54, 1.807) is 18.2 Å². The second-order valence-corrected chi connectivity index (χ2v) is 4.87. The third kappa shape index (κ3) is 3.07. The Labute approximate surface area is 123 Å². The van der Waals surface area contributed by atoms with E-state index in [4.69, 9.17) is 9.47 Å². The number of carbonyl (C=O) groups is 2. The first kappa shape index (κ1) is 15.5. The van der Waals surface area contributed by atoms with Crippen LogP contribution in [0, 0.1) is 0 Å². The third-order valence-electron chi connectivity index (χ3n) is 3.56. The van der Waals surface area contributed by atoms with Crippen molar-refractivity contribution in [3.63, 3.8) is 0 Å². The first-order valence-corrected chi connectivity index (χ1v) is 7.09. The molecular weight excluding hydrogens is 274 g/mol. The Kier molecular flexibility index (Phi) is 4.95. The van der Waals surface area contributed by atoms with Crippen LogP contribution in [0.1, 0.15) is 31.2 Å². The number of ether oxygens (including phenoxy) is 2. The molecule has 116 valence electrons. The van der Waals surface area contributed by atoms with Gasteiger partial charge in [-0.1, -0.05) is 0 Å². The summed E-state index contributed by atoms with van der Waals surface area (Å²) in [4.78, 5) is 30.2. The van der Waals surface area contributed by atoms with Gasteiger partial charge in [-0.2, -0.15) is 0 Å². The summed E-state index contributed by atoms with van der Waals surface area (Å²) in [6.45, 7) is 5.51. The second-order valence-electron chi connectivity index (χ2n) is 4.87. The lowest BCUT2D eigenvalue weighted by atomic mass is 9.98. The van der Waals surface area contributed by atoms with Gasteiger partial charge in [0.05, 0.1) is 30.9 Å². The number of hydrogen-bond acceptors (Lipinski definition) is 5. The number of esters is 1. The fourth-order valence-electron chi connectivity index (χ4n) is 2.59. The number of imidazole rings is 1. The van der Waals surface area contributed by atoms with E-state index in [9.17, 15) is 9.59 Å². The van der Waals surface area contributed by atoms with Gasteiger partial charge in [0.1, 0.15) is 12.5 Å². The highest BCUT2D eigenvalue weighted by atomic mass is 16.5. The van der Waals surface area contributed by atoms with Crippen molar-refractivity contribution in [2.24, 2.45) is 0 Å². The first-order valence-electron chi connectivity index (χ1n) is 7.09. The van der Waals surface area contributed by atoms with Gasteiger partial charge >= 0.3 is 5.97 Å². The number of aromatic nitrogens is 2. The summed E-state index contributed by atoms with van der Waals surface area (Å²) in [6, 6.07) is 0. The van der Waals surface area contributed by atoms with Gasteiger partial charge in [-0.15, -0.1) is 0 Å². The quantitative estimate of drug-likeness (QED) is 0.741. The van der Waals surface area contributed by atoms with E-state index in [2.05, 4.69) is 4.98 Å². The molecular formula is C14H21N3O4. The van der Waals surface area contributed by atoms with E-state index in [0.29, 0.717) is 19.7 Å². The number of fused-ring (bicyclic) bond motifs is 1. The third-order valence-corrected chi connectivity index (χ3v) is 3.56. The molecule has 2 heterocycles. The lowest BCUT2D eigenvalue weighted by molar-refractivity contribution is -0.147. The lowest BCUT2D eigenvalue weighted by Crippen LogP contribution is -2.43. The minimum atomic E-state index is -0.489. The number of methoxy groups -OCH3 is 1. The summed E-state index contributed by atoms with van der Waals surface area (Å²) in [5, 5.41) is 0. The molecule has 1 aliphatic rings.